The Balaban J connectivity index is 1.74. The Bertz CT molecular complexity index is 725. The Morgan fingerprint density at radius 3 is 3.00 bits per heavy atom. The molecule has 1 fully saturated rings. The van der Waals surface area contributed by atoms with Crippen LogP contribution in [0.15, 0.2) is 24.4 Å². The number of carboxylic acid groups (broad SMARTS) is 1. The number of aromatic amines is 1. The van der Waals surface area contributed by atoms with E-state index in [2.05, 4.69) is 4.98 Å². The number of fused-ring (bicyclic) bond motifs is 1. The van der Waals surface area contributed by atoms with Gasteiger partial charge in [0.15, 0.2) is 0 Å². The highest BCUT2D eigenvalue weighted by Gasteiger charge is 2.28. The number of carboxylic acids is 1. The van der Waals surface area contributed by atoms with Crippen LogP contribution in [-0.4, -0.2) is 40.0 Å². The molecule has 1 amide bonds. The number of benzene rings is 1. The van der Waals surface area contributed by atoms with Gasteiger partial charge in [-0.15, -0.1) is 0 Å². The van der Waals surface area contributed by atoms with Gasteiger partial charge in [-0.1, -0.05) is 17.7 Å². The van der Waals surface area contributed by atoms with Gasteiger partial charge in [0.25, 0.3) is 0 Å². The van der Waals surface area contributed by atoms with Crippen LogP contribution in [0.25, 0.3) is 10.9 Å². The molecule has 1 saturated heterocycles. The molecule has 1 atom stereocenters. The molecule has 0 saturated carbocycles. The van der Waals surface area contributed by atoms with Crippen molar-refractivity contribution in [2.24, 2.45) is 5.92 Å². The van der Waals surface area contributed by atoms with Crippen LogP contribution >= 0.6 is 11.6 Å². The monoisotopic (exact) mass is 320 g/mol. The van der Waals surface area contributed by atoms with Gasteiger partial charge in [-0.3, -0.25) is 9.59 Å². The van der Waals surface area contributed by atoms with Gasteiger partial charge in [-0.2, -0.15) is 0 Å². The SMILES string of the molecule is O=C(O)[C@H]1CCCN(C(=O)Cc2c[nH]c3cc(Cl)ccc23)C1. The number of hydrogen-bond donors (Lipinski definition) is 2. The van der Waals surface area contributed by atoms with Crippen LogP contribution in [0.3, 0.4) is 0 Å². The molecule has 22 heavy (non-hydrogen) atoms. The van der Waals surface area contributed by atoms with E-state index in [0.29, 0.717) is 24.5 Å². The highest BCUT2D eigenvalue weighted by atomic mass is 35.5. The molecule has 6 heteroatoms. The maximum atomic E-state index is 12.4. The van der Waals surface area contributed by atoms with Crippen molar-refractivity contribution in [1.82, 2.24) is 9.88 Å². The molecule has 1 aliphatic heterocycles. The lowest BCUT2D eigenvalue weighted by atomic mass is 9.97. The number of aliphatic carboxylic acids is 1. The number of hydrogen-bond acceptors (Lipinski definition) is 2. The summed E-state index contributed by atoms with van der Waals surface area (Å²) < 4.78 is 0. The number of aromatic nitrogens is 1. The normalized spacial score (nSPS) is 18.6. The third kappa shape index (κ3) is 2.95. The number of rotatable bonds is 3. The zero-order chi connectivity index (χ0) is 15.7. The standard InChI is InChI=1S/C16H17ClN2O3/c17-12-3-4-13-11(8-18-14(13)7-12)6-15(20)19-5-1-2-10(9-19)16(21)22/h3-4,7-8,10,18H,1-2,5-6,9H2,(H,21,22)/t10-/m0/s1. The van der Waals surface area contributed by atoms with Crippen molar-refractivity contribution in [3.8, 4) is 0 Å². The van der Waals surface area contributed by atoms with E-state index in [0.717, 1.165) is 22.9 Å². The van der Waals surface area contributed by atoms with E-state index in [1.807, 2.05) is 18.3 Å². The molecular formula is C16H17ClN2O3. The van der Waals surface area contributed by atoms with Crippen molar-refractivity contribution >= 4 is 34.4 Å². The summed E-state index contributed by atoms with van der Waals surface area (Å²) in [7, 11) is 0. The van der Waals surface area contributed by atoms with E-state index < -0.39 is 11.9 Å². The van der Waals surface area contributed by atoms with Crippen LogP contribution in [0, 0.1) is 5.92 Å². The number of nitrogens with one attached hydrogen (secondary N) is 1. The molecule has 1 aromatic carbocycles. The smallest absolute Gasteiger partial charge is 0.308 e. The second-order valence-corrected chi connectivity index (χ2v) is 6.13. The zero-order valence-electron chi connectivity index (χ0n) is 12.0. The Hall–Kier alpha value is -2.01. The van der Waals surface area contributed by atoms with E-state index in [1.165, 1.54) is 0 Å². The van der Waals surface area contributed by atoms with Crippen molar-refractivity contribution < 1.29 is 14.7 Å². The number of carbonyl (C=O) groups excluding carboxylic acids is 1. The maximum Gasteiger partial charge on any atom is 0.308 e. The van der Waals surface area contributed by atoms with Gasteiger partial charge < -0.3 is 15.0 Å². The Labute approximate surface area is 132 Å². The van der Waals surface area contributed by atoms with Gasteiger partial charge in [0.2, 0.25) is 5.91 Å². The number of nitrogens with zero attached hydrogens (tertiary/aromatic N) is 1. The molecule has 2 heterocycles. The topological polar surface area (TPSA) is 73.4 Å². The van der Waals surface area contributed by atoms with E-state index in [1.54, 1.807) is 11.0 Å². The van der Waals surface area contributed by atoms with Crippen molar-refractivity contribution in [3.63, 3.8) is 0 Å². The third-order valence-corrected chi connectivity index (χ3v) is 4.43. The van der Waals surface area contributed by atoms with Gasteiger partial charge in [-0.25, -0.2) is 0 Å². The summed E-state index contributed by atoms with van der Waals surface area (Å²) >= 11 is 5.95. The summed E-state index contributed by atoms with van der Waals surface area (Å²) in [5.74, 6) is -1.29. The van der Waals surface area contributed by atoms with Gasteiger partial charge in [0.05, 0.1) is 12.3 Å². The third-order valence-electron chi connectivity index (χ3n) is 4.19. The number of H-pyrrole nitrogens is 1. The molecule has 1 aromatic heterocycles. The number of amides is 1. The predicted octanol–water partition coefficient (Wildman–Crippen LogP) is 2.69. The van der Waals surface area contributed by atoms with Crippen molar-refractivity contribution in [3.05, 3.63) is 35.0 Å². The first-order chi connectivity index (χ1) is 10.5. The van der Waals surface area contributed by atoms with Crippen molar-refractivity contribution in [1.29, 1.82) is 0 Å². The van der Waals surface area contributed by atoms with Gasteiger partial charge >= 0.3 is 5.97 Å². The molecule has 0 unspecified atom stereocenters. The second kappa shape index (κ2) is 6.01. The molecule has 5 nitrogen and oxygen atoms in total. The highest BCUT2D eigenvalue weighted by molar-refractivity contribution is 6.31. The van der Waals surface area contributed by atoms with Gasteiger partial charge in [-0.05, 0) is 30.5 Å². The molecular weight excluding hydrogens is 304 g/mol. The van der Waals surface area contributed by atoms with Gasteiger partial charge in [0.1, 0.15) is 0 Å². The van der Waals surface area contributed by atoms with Crippen LogP contribution in [0.2, 0.25) is 5.02 Å². The predicted molar refractivity (Wildman–Crippen MR) is 84.0 cm³/mol. The fourth-order valence-electron chi connectivity index (χ4n) is 2.98. The van der Waals surface area contributed by atoms with E-state index in [4.69, 9.17) is 16.7 Å². The first-order valence-corrected chi connectivity index (χ1v) is 7.68. The number of piperidine rings is 1. The molecule has 2 aromatic rings. The lowest BCUT2D eigenvalue weighted by Gasteiger charge is -2.30. The minimum atomic E-state index is -0.820. The maximum absolute atomic E-state index is 12.4. The van der Waals surface area contributed by atoms with E-state index in [-0.39, 0.29) is 12.3 Å². The van der Waals surface area contributed by atoms with Crippen molar-refractivity contribution in [2.45, 2.75) is 19.3 Å². The zero-order valence-corrected chi connectivity index (χ0v) is 12.8. The summed E-state index contributed by atoms with van der Waals surface area (Å²) in [6, 6.07) is 5.52. The summed E-state index contributed by atoms with van der Waals surface area (Å²) in [5, 5.41) is 10.7. The lowest BCUT2D eigenvalue weighted by molar-refractivity contribution is -0.145. The van der Waals surface area contributed by atoms with E-state index >= 15 is 0 Å². The summed E-state index contributed by atoms with van der Waals surface area (Å²) in [6.45, 7) is 0.944. The Kier molecular flexibility index (Phi) is 4.07. The molecule has 2 N–H and O–H groups in total. The Morgan fingerprint density at radius 2 is 2.23 bits per heavy atom. The first-order valence-electron chi connectivity index (χ1n) is 7.30. The Morgan fingerprint density at radius 1 is 1.41 bits per heavy atom. The highest BCUT2D eigenvalue weighted by Crippen LogP contribution is 2.24. The molecule has 1 aliphatic rings. The van der Waals surface area contributed by atoms with Crippen LogP contribution in [0.5, 0.6) is 0 Å². The fourth-order valence-corrected chi connectivity index (χ4v) is 3.16. The van der Waals surface area contributed by atoms with Gasteiger partial charge in [0, 0.05) is 35.2 Å². The molecule has 116 valence electrons. The lowest BCUT2D eigenvalue weighted by Crippen LogP contribution is -2.42. The summed E-state index contributed by atoms with van der Waals surface area (Å²) in [5.41, 5.74) is 1.81. The van der Waals surface area contributed by atoms with Crippen LogP contribution < -0.4 is 0 Å². The minimum absolute atomic E-state index is 0.0261. The quantitative estimate of drug-likeness (QED) is 0.913. The number of halogens is 1. The molecule has 0 radical (unpaired) electrons. The minimum Gasteiger partial charge on any atom is -0.481 e. The molecule has 0 bridgehead atoms. The fraction of sp³-hybridized carbons (Fsp3) is 0.375. The van der Waals surface area contributed by atoms with Crippen LogP contribution in [0.4, 0.5) is 0 Å². The molecule has 0 spiro atoms. The average molecular weight is 321 g/mol. The summed E-state index contributed by atoms with van der Waals surface area (Å²) in [6.07, 6.45) is 3.47. The first kappa shape index (κ1) is 14.9. The van der Waals surface area contributed by atoms with Crippen molar-refractivity contribution in [2.75, 3.05) is 13.1 Å². The van der Waals surface area contributed by atoms with Crippen LogP contribution in [-0.2, 0) is 16.0 Å². The summed E-state index contributed by atoms with van der Waals surface area (Å²) in [4.78, 5) is 28.3. The number of likely N-dealkylation sites (tertiary alicyclic amines) is 1. The molecule has 0 aliphatic carbocycles. The largest absolute Gasteiger partial charge is 0.481 e. The molecule has 3 rings (SSSR count). The number of carbonyl (C=O) groups is 2. The van der Waals surface area contributed by atoms with E-state index in [9.17, 15) is 9.59 Å². The van der Waals surface area contributed by atoms with Crippen LogP contribution in [0.1, 0.15) is 18.4 Å². The average Bonchev–Trinajstić information content (AvgIpc) is 2.89. The second-order valence-electron chi connectivity index (χ2n) is 5.70.